The smallest absolute Gasteiger partial charge is 0.343 e. The maximum atomic E-state index is 11.3. The van der Waals surface area contributed by atoms with Crippen LogP contribution in [-0.2, 0) is 9.53 Å². The Hall–Kier alpha value is -3.65. The lowest BCUT2D eigenvalue weighted by Crippen LogP contribution is -2.13. The lowest BCUT2D eigenvalue weighted by Gasteiger charge is -2.12. The Labute approximate surface area is 224 Å². The molecule has 4 aromatic rings. The van der Waals surface area contributed by atoms with Gasteiger partial charge in [0.1, 0.15) is 18.1 Å². The molecule has 182 valence electrons. The normalized spacial score (nSPS) is 11.1. The third-order valence-electron chi connectivity index (χ3n) is 5.56. The summed E-state index contributed by atoms with van der Waals surface area (Å²) < 4.78 is 17.3. The second-order valence-corrected chi connectivity index (χ2v) is 9.27. The predicted molar refractivity (Wildman–Crippen MR) is 150 cm³/mol. The van der Waals surface area contributed by atoms with E-state index in [1.54, 1.807) is 6.07 Å². The molecule has 0 amide bonds. The Morgan fingerprint density at radius 2 is 1.67 bits per heavy atom. The van der Waals surface area contributed by atoms with Crippen molar-refractivity contribution in [1.29, 1.82) is 0 Å². The monoisotopic (exact) mass is 591 g/mol. The summed E-state index contributed by atoms with van der Waals surface area (Å²) in [6.45, 7) is 2.16. The highest BCUT2D eigenvalue weighted by atomic mass is 127. The maximum Gasteiger partial charge on any atom is 0.343 e. The number of benzene rings is 3. The van der Waals surface area contributed by atoms with Crippen LogP contribution in [0.4, 0.5) is 0 Å². The first kappa shape index (κ1) is 25.4. The molecule has 5 nitrogen and oxygen atoms in total. The largest absolute Gasteiger partial charge is 0.489 e. The molecule has 36 heavy (non-hydrogen) atoms. The number of hydrogen-bond donors (Lipinski definition) is 0. The molecule has 1 heterocycles. The molecule has 4 rings (SSSR count). The zero-order valence-corrected chi connectivity index (χ0v) is 22.3. The molecule has 0 aliphatic rings. The molecule has 0 fully saturated rings. The van der Waals surface area contributed by atoms with Crippen molar-refractivity contribution in [3.63, 3.8) is 0 Å². The van der Waals surface area contributed by atoms with Crippen LogP contribution in [0.3, 0.4) is 0 Å². The summed E-state index contributed by atoms with van der Waals surface area (Å²) in [7, 11) is 1.33. The Morgan fingerprint density at radius 1 is 0.917 bits per heavy atom. The fourth-order valence-corrected chi connectivity index (χ4v) is 4.01. The van der Waals surface area contributed by atoms with E-state index in [1.165, 1.54) is 10.7 Å². The Bertz CT molecular complexity index is 1330. The molecule has 0 saturated heterocycles. The Kier molecular flexibility index (Phi) is 8.73. The molecule has 0 aliphatic carbocycles. The third kappa shape index (κ3) is 6.73. The van der Waals surface area contributed by atoms with Crippen LogP contribution in [-0.4, -0.2) is 31.3 Å². The van der Waals surface area contributed by atoms with Crippen molar-refractivity contribution in [2.75, 3.05) is 20.3 Å². The van der Waals surface area contributed by atoms with Gasteiger partial charge in [-0.2, -0.15) is 0 Å². The van der Waals surface area contributed by atoms with Crippen LogP contribution in [0.1, 0.15) is 16.7 Å². The predicted octanol–water partition coefficient (Wildman–Crippen LogP) is 6.72. The molecule has 0 spiro atoms. The molecule has 6 heteroatoms. The first-order valence-electron chi connectivity index (χ1n) is 11.4. The van der Waals surface area contributed by atoms with Crippen molar-refractivity contribution < 1.29 is 19.0 Å². The zero-order chi connectivity index (χ0) is 25.3. The third-order valence-corrected chi connectivity index (χ3v) is 6.28. The van der Waals surface area contributed by atoms with Gasteiger partial charge in [0.2, 0.25) is 0 Å². The van der Waals surface area contributed by atoms with Gasteiger partial charge in [0.05, 0.1) is 12.8 Å². The van der Waals surface area contributed by atoms with E-state index in [4.69, 9.17) is 14.5 Å². The van der Waals surface area contributed by atoms with E-state index in [-0.39, 0.29) is 6.61 Å². The number of methoxy groups -OCH3 is 1. The molecule has 0 atom stereocenters. The minimum atomic E-state index is -0.422. The lowest BCUT2D eigenvalue weighted by molar-refractivity contribution is -0.142. The molecule has 3 aromatic carbocycles. The summed E-state index contributed by atoms with van der Waals surface area (Å²) in [6, 6.07) is 28.2. The summed E-state index contributed by atoms with van der Waals surface area (Å²) in [6.07, 6.45) is 3.97. The number of aromatic nitrogens is 1. The van der Waals surface area contributed by atoms with Crippen LogP contribution in [0.25, 0.3) is 16.8 Å². The number of rotatable bonds is 9. The highest BCUT2D eigenvalue weighted by molar-refractivity contribution is 14.1. The fraction of sp³-hybridized carbons (Fsp3) is 0.133. The molecule has 0 bridgehead atoms. The van der Waals surface area contributed by atoms with Gasteiger partial charge in [0, 0.05) is 20.9 Å². The van der Waals surface area contributed by atoms with Gasteiger partial charge in [-0.15, -0.1) is 0 Å². The van der Waals surface area contributed by atoms with E-state index >= 15 is 0 Å². The summed E-state index contributed by atoms with van der Waals surface area (Å²) in [5.41, 5.74) is 6.05. The van der Waals surface area contributed by atoms with Crippen molar-refractivity contribution >= 4 is 34.1 Å². The van der Waals surface area contributed by atoms with Gasteiger partial charge >= 0.3 is 5.97 Å². The molecule has 1 aromatic heterocycles. The highest BCUT2D eigenvalue weighted by Crippen LogP contribution is 2.27. The number of aryl methyl sites for hydroxylation is 1. The average molecular weight is 591 g/mol. The van der Waals surface area contributed by atoms with Crippen LogP contribution in [0, 0.1) is 10.5 Å². The van der Waals surface area contributed by atoms with E-state index < -0.39 is 5.97 Å². The van der Waals surface area contributed by atoms with Gasteiger partial charge in [-0.1, -0.05) is 48.5 Å². The van der Waals surface area contributed by atoms with Crippen molar-refractivity contribution in [1.82, 2.24) is 4.98 Å². The number of pyridine rings is 1. The van der Waals surface area contributed by atoms with Crippen molar-refractivity contribution in [2.45, 2.75) is 6.92 Å². The summed E-state index contributed by atoms with van der Waals surface area (Å²) in [5.74, 6) is 0.912. The minimum absolute atomic E-state index is 0.128. The number of hydrogen-bond acceptors (Lipinski definition) is 5. The van der Waals surface area contributed by atoms with Gasteiger partial charge < -0.3 is 14.2 Å². The number of esters is 1. The summed E-state index contributed by atoms with van der Waals surface area (Å²) >= 11 is 2.31. The van der Waals surface area contributed by atoms with Crippen LogP contribution >= 0.6 is 22.6 Å². The zero-order valence-electron chi connectivity index (χ0n) is 20.1. The number of halogens is 1. The summed E-state index contributed by atoms with van der Waals surface area (Å²) in [4.78, 5) is 16.0. The van der Waals surface area contributed by atoms with Crippen LogP contribution in [0.5, 0.6) is 11.5 Å². The van der Waals surface area contributed by atoms with E-state index in [2.05, 4.69) is 75.9 Å². The number of carbonyl (C=O) groups is 1. The number of carbonyl (C=O) groups excluding carboxylic acids is 1. The highest BCUT2D eigenvalue weighted by Gasteiger charge is 2.09. The van der Waals surface area contributed by atoms with E-state index in [1.807, 2.05) is 49.5 Å². The average Bonchev–Trinajstić information content (AvgIpc) is 2.92. The Morgan fingerprint density at radius 3 is 2.33 bits per heavy atom. The molecule has 0 saturated carbocycles. The molecule has 0 aliphatic heterocycles. The molecule has 0 N–H and O–H groups in total. The van der Waals surface area contributed by atoms with Crippen molar-refractivity contribution in [3.05, 3.63) is 117 Å². The van der Waals surface area contributed by atoms with E-state index in [9.17, 15) is 4.79 Å². The molecular weight excluding hydrogens is 565 g/mol. The van der Waals surface area contributed by atoms with Gasteiger partial charge in [0.15, 0.2) is 6.61 Å². The van der Waals surface area contributed by atoms with Crippen LogP contribution in [0.15, 0.2) is 97.2 Å². The number of nitrogens with zero attached hydrogens (tertiary/aromatic N) is 1. The second-order valence-electron chi connectivity index (χ2n) is 8.03. The second kappa shape index (κ2) is 12.4. The van der Waals surface area contributed by atoms with Gasteiger partial charge in [0.25, 0.3) is 0 Å². The summed E-state index contributed by atoms with van der Waals surface area (Å²) in [5, 5.41) is 0. The first-order valence-corrected chi connectivity index (χ1v) is 12.5. The van der Waals surface area contributed by atoms with Crippen LogP contribution < -0.4 is 9.47 Å². The molecular formula is C30H26INO4. The quantitative estimate of drug-likeness (QED) is 0.160. The first-order chi connectivity index (χ1) is 17.5. The standard InChI is InChI=1S/C30H26INO4/c1-21-18-26(13-15-29(21)36-20-30(33)34-2)35-17-16-27(22-8-11-25(31)12-9-22)24-10-14-28(32-19-24)23-6-4-3-5-7-23/h3-16,18-19H,17,20H2,1-2H3/b27-16+. The van der Waals surface area contributed by atoms with Gasteiger partial charge in [-0.05, 0) is 88.7 Å². The fourth-order valence-electron chi connectivity index (χ4n) is 3.66. The topological polar surface area (TPSA) is 57.7 Å². The van der Waals surface area contributed by atoms with Crippen molar-refractivity contribution in [3.8, 4) is 22.8 Å². The number of ether oxygens (including phenoxy) is 3. The van der Waals surface area contributed by atoms with E-state index in [0.29, 0.717) is 18.1 Å². The molecule has 0 unspecified atom stereocenters. The SMILES string of the molecule is COC(=O)COc1ccc(OC/C=C(\c2ccc(I)cc2)c2ccc(-c3ccccc3)nc2)cc1C. The van der Waals surface area contributed by atoms with Gasteiger partial charge in [-0.3, -0.25) is 4.98 Å². The Balaban J connectivity index is 1.52. The lowest BCUT2D eigenvalue weighted by atomic mass is 9.98. The van der Waals surface area contributed by atoms with Crippen LogP contribution in [0.2, 0.25) is 0 Å². The van der Waals surface area contributed by atoms with E-state index in [0.717, 1.165) is 33.5 Å². The minimum Gasteiger partial charge on any atom is -0.489 e. The van der Waals surface area contributed by atoms with Crippen molar-refractivity contribution in [2.24, 2.45) is 0 Å². The maximum absolute atomic E-state index is 11.3. The molecule has 0 radical (unpaired) electrons. The van der Waals surface area contributed by atoms with Gasteiger partial charge in [-0.25, -0.2) is 4.79 Å².